The molecule has 2 saturated heterocycles. The summed E-state index contributed by atoms with van der Waals surface area (Å²) >= 11 is 0. The Hall–Kier alpha value is -2.35. The first-order valence-electron chi connectivity index (χ1n) is 8.30. The van der Waals surface area contributed by atoms with Crippen LogP contribution < -0.4 is 4.74 Å². The number of nitrogens with zero attached hydrogens (tertiary/aromatic N) is 2. The molecule has 0 bridgehead atoms. The summed E-state index contributed by atoms with van der Waals surface area (Å²) in [6, 6.07) is 5.32. The summed E-state index contributed by atoms with van der Waals surface area (Å²) in [5, 5.41) is 9.64. The smallest absolute Gasteiger partial charge is 0.348 e. The Morgan fingerprint density at radius 2 is 1.76 bits per heavy atom. The maximum atomic E-state index is 13.3. The molecule has 0 atom stereocenters. The maximum Gasteiger partial charge on any atom is 0.348 e. The number of hydrogen-bond acceptors (Lipinski definition) is 4. The van der Waals surface area contributed by atoms with Gasteiger partial charge in [0.2, 0.25) is 5.60 Å². The van der Waals surface area contributed by atoms with Gasteiger partial charge in [0, 0.05) is 45.1 Å². The molecule has 0 unspecified atom stereocenters. The fourth-order valence-corrected chi connectivity index (χ4v) is 3.13. The number of halogens is 1. The fourth-order valence-electron chi connectivity index (χ4n) is 3.13. The van der Waals surface area contributed by atoms with E-state index < -0.39 is 17.4 Å². The lowest BCUT2D eigenvalue weighted by Crippen LogP contribution is -2.57. The zero-order chi connectivity index (χ0) is 17.9. The Kier molecular flexibility index (Phi) is 5.08. The van der Waals surface area contributed by atoms with Crippen molar-refractivity contribution in [1.29, 1.82) is 0 Å². The molecule has 1 aromatic rings. The highest BCUT2D eigenvalue weighted by Crippen LogP contribution is 2.30. The van der Waals surface area contributed by atoms with E-state index in [-0.39, 0.29) is 37.7 Å². The molecule has 1 aromatic carbocycles. The number of morpholine rings is 1. The molecule has 0 spiro atoms. The van der Waals surface area contributed by atoms with Gasteiger partial charge in [-0.3, -0.25) is 0 Å². The second kappa shape index (κ2) is 7.26. The van der Waals surface area contributed by atoms with Crippen LogP contribution in [-0.4, -0.2) is 71.9 Å². The molecular weight excluding hydrogens is 331 g/mol. The SMILES string of the molecule is O=C(N1CCOCC1)N1CCC(Oc2cccc(F)c2)(C(=O)O)CC1. The van der Waals surface area contributed by atoms with Gasteiger partial charge in [-0.1, -0.05) is 6.07 Å². The van der Waals surface area contributed by atoms with Gasteiger partial charge in [0.25, 0.3) is 0 Å². The Labute approximate surface area is 144 Å². The highest BCUT2D eigenvalue weighted by atomic mass is 19.1. The molecule has 25 heavy (non-hydrogen) atoms. The normalized spacial score (nSPS) is 20.2. The number of carboxylic acid groups (broad SMARTS) is 1. The number of urea groups is 1. The molecule has 0 radical (unpaired) electrons. The zero-order valence-electron chi connectivity index (χ0n) is 13.8. The van der Waals surface area contributed by atoms with Crippen LogP contribution in [0.4, 0.5) is 9.18 Å². The molecule has 0 aliphatic carbocycles. The summed E-state index contributed by atoms with van der Waals surface area (Å²) in [7, 11) is 0. The molecule has 2 heterocycles. The summed E-state index contributed by atoms with van der Waals surface area (Å²) in [6.45, 7) is 2.66. The van der Waals surface area contributed by atoms with Crippen molar-refractivity contribution in [1.82, 2.24) is 9.80 Å². The van der Waals surface area contributed by atoms with Crippen LogP contribution in [0.25, 0.3) is 0 Å². The maximum absolute atomic E-state index is 13.3. The molecule has 0 saturated carbocycles. The van der Waals surface area contributed by atoms with Crippen LogP contribution in [0.5, 0.6) is 5.75 Å². The van der Waals surface area contributed by atoms with Crippen LogP contribution in [0.15, 0.2) is 24.3 Å². The number of carboxylic acids is 1. The number of benzene rings is 1. The second-order valence-corrected chi connectivity index (χ2v) is 6.23. The van der Waals surface area contributed by atoms with Gasteiger partial charge in [-0.15, -0.1) is 0 Å². The summed E-state index contributed by atoms with van der Waals surface area (Å²) in [6.07, 6.45) is 0.295. The molecule has 2 amide bonds. The van der Waals surface area contributed by atoms with E-state index >= 15 is 0 Å². The van der Waals surface area contributed by atoms with Crippen molar-refractivity contribution in [3.63, 3.8) is 0 Å². The molecule has 1 N–H and O–H groups in total. The van der Waals surface area contributed by atoms with Gasteiger partial charge in [0.15, 0.2) is 0 Å². The van der Waals surface area contributed by atoms with Crippen LogP contribution >= 0.6 is 0 Å². The standard InChI is InChI=1S/C17H21FN2O5/c18-13-2-1-3-14(12-13)25-17(15(21)22)4-6-19(7-5-17)16(23)20-8-10-24-11-9-20/h1-3,12H,4-11H2,(H,21,22). The van der Waals surface area contributed by atoms with Crippen molar-refractivity contribution in [2.75, 3.05) is 39.4 Å². The summed E-state index contributed by atoms with van der Waals surface area (Å²) < 4.78 is 24.2. The Bertz CT molecular complexity index is 640. The monoisotopic (exact) mass is 352 g/mol. The number of rotatable bonds is 3. The summed E-state index contributed by atoms with van der Waals surface area (Å²) in [5.74, 6) is -1.41. The van der Waals surface area contributed by atoms with E-state index in [0.717, 1.165) is 6.07 Å². The highest BCUT2D eigenvalue weighted by molar-refractivity contribution is 5.79. The van der Waals surface area contributed by atoms with E-state index in [9.17, 15) is 19.1 Å². The van der Waals surface area contributed by atoms with E-state index in [1.165, 1.54) is 18.2 Å². The first kappa shape index (κ1) is 17.5. The molecule has 3 rings (SSSR count). The van der Waals surface area contributed by atoms with E-state index in [1.807, 2.05) is 0 Å². The first-order chi connectivity index (χ1) is 12.0. The van der Waals surface area contributed by atoms with Gasteiger partial charge in [-0.05, 0) is 12.1 Å². The molecule has 7 nitrogen and oxygen atoms in total. The van der Waals surface area contributed by atoms with Crippen molar-refractivity contribution >= 4 is 12.0 Å². The Morgan fingerprint density at radius 3 is 2.36 bits per heavy atom. The molecule has 136 valence electrons. The minimum Gasteiger partial charge on any atom is -0.478 e. The van der Waals surface area contributed by atoms with Crippen molar-refractivity contribution in [3.05, 3.63) is 30.1 Å². The third-order valence-electron chi connectivity index (χ3n) is 4.62. The molecule has 2 fully saturated rings. The van der Waals surface area contributed by atoms with Crippen molar-refractivity contribution < 1.29 is 28.6 Å². The number of piperidine rings is 1. The van der Waals surface area contributed by atoms with E-state index in [1.54, 1.807) is 9.80 Å². The number of likely N-dealkylation sites (tertiary alicyclic amines) is 1. The molecular formula is C17H21FN2O5. The van der Waals surface area contributed by atoms with Gasteiger partial charge in [-0.25, -0.2) is 14.0 Å². The minimum absolute atomic E-state index is 0.104. The molecule has 0 aromatic heterocycles. The van der Waals surface area contributed by atoms with Crippen LogP contribution in [0.2, 0.25) is 0 Å². The lowest BCUT2D eigenvalue weighted by atomic mass is 9.91. The Morgan fingerprint density at radius 1 is 1.12 bits per heavy atom. The largest absolute Gasteiger partial charge is 0.478 e. The summed E-state index contributed by atoms with van der Waals surface area (Å²) in [4.78, 5) is 27.6. The molecule has 8 heteroatoms. The first-order valence-corrected chi connectivity index (χ1v) is 8.30. The lowest BCUT2D eigenvalue weighted by Gasteiger charge is -2.41. The number of amides is 2. The van der Waals surface area contributed by atoms with Crippen LogP contribution in [-0.2, 0) is 9.53 Å². The lowest BCUT2D eigenvalue weighted by molar-refractivity contribution is -0.159. The summed E-state index contributed by atoms with van der Waals surface area (Å²) in [5.41, 5.74) is -1.45. The minimum atomic E-state index is -1.45. The molecule has 2 aliphatic heterocycles. The van der Waals surface area contributed by atoms with E-state index in [0.29, 0.717) is 26.3 Å². The fraction of sp³-hybridized carbons (Fsp3) is 0.529. The number of hydrogen-bond donors (Lipinski definition) is 1. The van der Waals surface area contributed by atoms with Gasteiger partial charge in [0.05, 0.1) is 13.2 Å². The van der Waals surface area contributed by atoms with Gasteiger partial charge in [0.1, 0.15) is 11.6 Å². The van der Waals surface area contributed by atoms with Crippen LogP contribution in [0, 0.1) is 5.82 Å². The third kappa shape index (κ3) is 3.84. The predicted octanol–water partition coefficient (Wildman–Crippen LogP) is 1.58. The van der Waals surface area contributed by atoms with Crippen molar-refractivity contribution in [2.45, 2.75) is 18.4 Å². The van der Waals surface area contributed by atoms with Crippen molar-refractivity contribution in [2.24, 2.45) is 0 Å². The van der Waals surface area contributed by atoms with Crippen molar-refractivity contribution in [3.8, 4) is 5.75 Å². The zero-order valence-corrected chi connectivity index (χ0v) is 13.8. The number of aliphatic carboxylic acids is 1. The van der Waals surface area contributed by atoms with E-state index in [4.69, 9.17) is 9.47 Å². The average Bonchev–Trinajstić information content (AvgIpc) is 2.62. The number of carbonyl (C=O) groups is 2. The predicted molar refractivity (Wildman–Crippen MR) is 86.0 cm³/mol. The van der Waals surface area contributed by atoms with Crippen LogP contribution in [0.1, 0.15) is 12.8 Å². The van der Waals surface area contributed by atoms with E-state index in [2.05, 4.69) is 0 Å². The Balaban J connectivity index is 1.66. The van der Waals surface area contributed by atoms with Crippen LogP contribution in [0.3, 0.4) is 0 Å². The van der Waals surface area contributed by atoms with Gasteiger partial charge in [-0.2, -0.15) is 0 Å². The highest BCUT2D eigenvalue weighted by Gasteiger charge is 2.45. The van der Waals surface area contributed by atoms with Gasteiger partial charge < -0.3 is 24.4 Å². The third-order valence-corrected chi connectivity index (χ3v) is 4.62. The quantitative estimate of drug-likeness (QED) is 0.893. The number of ether oxygens (including phenoxy) is 2. The van der Waals surface area contributed by atoms with Gasteiger partial charge >= 0.3 is 12.0 Å². The average molecular weight is 352 g/mol. The molecule has 2 aliphatic rings. The second-order valence-electron chi connectivity index (χ2n) is 6.23. The topological polar surface area (TPSA) is 79.3 Å². The number of carbonyl (C=O) groups excluding carboxylic acids is 1.